The van der Waals surface area contributed by atoms with Crippen molar-refractivity contribution in [2.75, 3.05) is 25.0 Å². The van der Waals surface area contributed by atoms with Crippen LogP contribution in [0.3, 0.4) is 0 Å². The lowest BCUT2D eigenvalue weighted by molar-refractivity contribution is -0.121. The molecular formula is C23H21N3O5. The number of nitrogens with zero attached hydrogens (tertiary/aromatic N) is 2. The molecular weight excluding hydrogens is 398 g/mol. The maximum absolute atomic E-state index is 12.4. The van der Waals surface area contributed by atoms with Crippen molar-refractivity contribution in [2.24, 2.45) is 0 Å². The van der Waals surface area contributed by atoms with Crippen LogP contribution in [0.5, 0.6) is 0 Å². The molecule has 4 amide bonds. The molecule has 8 nitrogen and oxygen atoms in total. The van der Waals surface area contributed by atoms with E-state index in [0.717, 1.165) is 16.2 Å². The summed E-state index contributed by atoms with van der Waals surface area (Å²) in [5, 5.41) is 2.65. The first-order valence-electron chi connectivity index (χ1n) is 10.0. The van der Waals surface area contributed by atoms with Crippen LogP contribution in [-0.2, 0) is 16.0 Å². The molecule has 0 saturated heterocycles. The van der Waals surface area contributed by atoms with Gasteiger partial charge in [-0.1, -0.05) is 12.1 Å². The molecule has 0 spiro atoms. The molecule has 0 unspecified atom stereocenters. The number of hydrogen-bond donors (Lipinski definition) is 1. The number of nitrogens with one attached hydrogen (secondary N) is 1. The summed E-state index contributed by atoms with van der Waals surface area (Å²) in [5.74, 6) is -1.28. The van der Waals surface area contributed by atoms with Crippen molar-refractivity contribution < 1.29 is 24.0 Å². The lowest BCUT2D eigenvalue weighted by atomic mass is 10.0. The summed E-state index contributed by atoms with van der Waals surface area (Å²) in [5.41, 5.74) is 2.83. The number of ketones is 1. The summed E-state index contributed by atoms with van der Waals surface area (Å²) in [6, 6.07) is 11.7. The molecule has 0 saturated carbocycles. The number of amides is 4. The Labute approximate surface area is 178 Å². The fourth-order valence-corrected chi connectivity index (χ4v) is 3.85. The van der Waals surface area contributed by atoms with Gasteiger partial charge < -0.3 is 10.2 Å². The van der Waals surface area contributed by atoms with E-state index in [2.05, 4.69) is 5.32 Å². The van der Waals surface area contributed by atoms with Gasteiger partial charge in [-0.2, -0.15) is 0 Å². The molecule has 158 valence electrons. The minimum absolute atomic E-state index is 0.00933. The molecule has 31 heavy (non-hydrogen) atoms. The average Bonchev–Trinajstić information content (AvgIpc) is 3.19. The van der Waals surface area contributed by atoms with E-state index in [4.69, 9.17) is 0 Å². The van der Waals surface area contributed by atoms with Gasteiger partial charge in [-0.25, -0.2) is 0 Å². The zero-order valence-electron chi connectivity index (χ0n) is 17.0. The van der Waals surface area contributed by atoms with Crippen LogP contribution < -0.4 is 10.2 Å². The number of Topliss-reactive ketones (excluding diaryl/α,β-unsaturated/α-hetero) is 1. The second-order valence-corrected chi connectivity index (χ2v) is 7.55. The molecule has 0 bridgehead atoms. The largest absolute Gasteiger partial charge is 0.356 e. The van der Waals surface area contributed by atoms with E-state index in [9.17, 15) is 24.0 Å². The number of anilines is 1. The Bertz CT molecular complexity index is 1090. The predicted molar refractivity (Wildman–Crippen MR) is 112 cm³/mol. The highest BCUT2D eigenvalue weighted by molar-refractivity contribution is 6.21. The molecule has 0 radical (unpaired) electrons. The zero-order chi connectivity index (χ0) is 22.1. The van der Waals surface area contributed by atoms with Crippen molar-refractivity contribution in [1.82, 2.24) is 10.2 Å². The second-order valence-electron chi connectivity index (χ2n) is 7.55. The van der Waals surface area contributed by atoms with Crippen molar-refractivity contribution in [3.8, 4) is 0 Å². The van der Waals surface area contributed by atoms with Gasteiger partial charge in [0, 0.05) is 44.2 Å². The average molecular weight is 419 g/mol. The van der Waals surface area contributed by atoms with Gasteiger partial charge in [-0.3, -0.25) is 28.9 Å². The number of carbonyl (C=O) groups is 5. The number of likely N-dealkylation sites (N-methyl/N-ethyl adjacent to an activating group) is 1. The van der Waals surface area contributed by atoms with E-state index < -0.39 is 11.8 Å². The Balaban J connectivity index is 1.25. The normalized spacial score (nSPS) is 14.7. The number of rotatable bonds is 7. The Morgan fingerprint density at radius 2 is 1.65 bits per heavy atom. The smallest absolute Gasteiger partial charge is 0.261 e. The third-order valence-corrected chi connectivity index (χ3v) is 5.59. The van der Waals surface area contributed by atoms with Crippen LogP contribution >= 0.6 is 0 Å². The van der Waals surface area contributed by atoms with Gasteiger partial charge in [0.15, 0.2) is 5.78 Å². The SMILES string of the molecule is CN1C(=O)Cc2cc(C(=O)CCNC(=O)CCN3C(=O)c4ccccc4C3=O)ccc21. The Kier molecular flexibility index (Phi) is 5.37. The van der Waals surface area contributed by atoms with Crippen molar-refractivity contribution in [3.05, 3.63) is 64.7 Å². The van der Waals surface area contributed by atoms with Crippen LogP contribution in [0.25, 0.3) is 0 Å². The maximum Gasteiger partial charge on any atom is 0.261 e. The molecule has 4 rings (SSSR count). The summed E-state index contributed by atoms with van der Waals surface area (Å²) in [4.78, 5) is 63.6. The van der Waals surface area contributed by atoms with Crippen LogP contribution in [0.1, 0.15) is 49.5 Å². The fraction of sp³-hybridized carbons (Fsp3) is 0.261. The molecule has 2 aliphatic rings. The first-order valence-corrected chi connectivity index (χ1v) is 10.0. The van der Waals surface area contributed by atoms with E-state index in [1.54, 1.807) is 54.4 Å². The van der Waals surface area contributed by atoms with E-state index in [-0.39, 0.29) is 49.9 Å². The van der Waals surface area contributed by atoms with Gasteiger partial charge in [-0.05, 0) is 35.9 Å². The monoisotopic (exact) mass is 419 g/mol. The van der Waals surface area contributed by atoms with Crippen molar-refractivity contribution >= 4 is 35.1 Å². The van der Waals surface area contributed by atoms with Gasteiger partial charge in [0.05, 0.1) is 17.5 Å². The van der Waals surface area contributed by atoms with Crippen LogP contribution in [0.2, 0.25) is 0 Å². The van der Waals surface area contributed by atoms with E-state index >= 15 is 0 Å². The quantitative estimate of drug-likeness (QED) is 0.542. The molecule has 1 N–H and O–H groups in total. The minimum Gasteiger partial charge on any atom is -0.356 e. The Morgan fingerprint density at radius 3 is 2.32 bits per heavy atom. The van der Waals surface area contributed by atoms with Crippen molar-refractivity contribution in [2.45, 2.75) is 19.3 Å². The van der Waals surface area contributed by atoms with Crippen LogP contribution in [0.15, 0.2) is 42.5 Å². The molecule has 2 aromatic rings. The van der Waals surface area contributed by atoms with Gasteiger partial charge in [0.2, 0.25) is 11.8 Å². The van der Waals surface area contributed by atoms with Crippen LogP contribution in [-0.4, -0.2) is 54.4 Å². The zero-order valence-corrected chi connectivity index (χ0v) is 17.0. The van der Waals surface area contributed by atoms with E-state index in [1.807, 2.05) is 0 Å². The van der Waals surface area contributed by atoms with Crippen molar-refractivity contribution in [3.63, 3.8) is 0 Å². The predicted octanol–water partition coefficient (Wildman–Crippen LogP) is 1.58. The van der Waals surface area contributed by atoms with Gasteiger partial charge in [-0.15, -0.1) is 0 Å². The number of hydrogen-bond acceptors (Lipinski definition) is 5. The lowest BCUT2D eigenvalue weighted by Crippen LogP contribution is -2.35. The topological polar surface area (TPSA) is 104 Å². The molecule has 8 heteroatoms. The number of carbonyl (C=O) groups excluding carboxylic acids is 5. The minimum atomic E-state index is -0.399. The lowest BCUT2D eigenvalue weighted by Gasteiger charge is -2.13. The summed E-state index contributed by atoms with van der Waals surface area (Å²) >= 11 is 0. The Hall–Kier alpha value is -3.81. The number of benzene rings is 2. The molecule has 0 atom stereocenters. The van der Waals surface area contributed by atoms with Crippen molar-refractivity contribution in [1.29, 1.82) is 0 Å². The number of imide groups is 1. The first kappa shape index (κ1) is 20.5. The summed E-state index contributed by atoms with van der Waals surface area (Å²) in [7, 11) is 1.70. The summed E-state index contributed by atoms with van der Waals surface area (Å²) in [6.45, 7) is 0.133. The number of fused-ring (bicyclic) bond motifs is 2. The van der Waals surface area contributed by atoms with Gasteiger partial charge >= 0.3 is 0 Å². The van der Waals surface area contributed by atoms with E-state index in [1.165, 1.54) is 0 Å². The fourth-order valence-electron chi connectivity index (χ4n) is 3.85. The summed E-state index contributed by atoms with van der Waals surface area (Å²) < 4.78 is 0. The maximum atomic E-state index is 12.4. The highest BCUT2D eigenvalue weighted by Gasteiger charge is 2.35. The van der Waals surface area contributed by atoms with E-state index in [0.29, 0.717) is 16.7 Å². The molecule has 2 heterocycles. The third kappa shape index (κ3) is 3.84. The molecule has 2 aromatic carbocycles. The second kappa shape index (κ2) is 8.14. The first-order chi connectivity index (χ1) is 14.9. The third-order valence-electron chi connectivity index (χ3n) is 5.59. The highest BCUT2D eigenvalue weighted by atomic mass is 16.2. The van der Waals surface area contributed by atoms with Crippen LogP contribution in [0, 0.1) is 0 Å². The molecule has 0 fully saturated rings. The standard InChI is InChI=1S/C23H21N3O5/c1-25-18-7-6-14(12-15(18)13-21(25)29)19(27)8-10-24-20(28)9-11-26-22(30)16-4-2-3-5-17(16)23(26)31/h2-7,12H,8-11,13H2,1H3,(H,24,28). The van der Waals surface area contributed by atoms with Gasteiger partial charge in [0.1, 0.15) is 0 Å². The van der Waals surface area contributed by atoms with Gasteiger partial charge in [0.25, 0.3) is 11.8 Å². The highest BCUT2D eigenvalue weighted by Crippen LogP contribution is 2.28. The molecule has 0 aromatic heterocycles. The molecule has 0 aliphatic carbocycles. The Morgan fingerprint density at radius 1 is 0.968 bits per heavy atom. The van der Waals surface area contributed by atoms with Crippen LogP contribution in [0.4, 0.5) is 5.69 Å². The summed E-state index contributed by atoms with van der Waals surface area (Å²) in [6.07, 6.45) is 0.357. The molecule has 2 aliphatic heterocycles.